The van der Waals surface area contributed by atoms with Gasteiger partial charge in [-0.15, -0.1) is 0 Å². The smallest absolute Gasteiger partial charge is 0.348 e. The molecule has 0 atom stereocenters. The van der Waals surface area contributed by atoms with Crippen LogP contribution in [0.1, 0.15) is 0 Å². The van der Waals surface area contributed by atoms with E-state index in [-0.39, 0.29) is 10.7 Å². The van der Waals surface area contributed by atoms with Crippen LogP contribution in [0.25, 0.3) is 10.1 Å². The molecule has 0 unspecified atom stereocenters. The lowest BCUT2D eigenvalue weighted by molar-refractivity contribution is -0.379. The Kier molecular flexibility index (Phi) is 1.85. The second-order valence-corrected chi connectivity index (χ2v) is 3.75. The van der Waals surface area contributed by atoms with Crippen LogP contribution in [0.5, 0.6) is 0 Å². The summed E-state index contributed by atoms with van der Waals surface area (Å²) in [5.74, 6) is -0.447. The number of nitrogen functional groups attached to an aromatic ring is 1. The lowest BCUT2D eigenvalue weighted by Gasteiger charge is -1.90. The Morgan fingerprint density at radius 3 is 2.86 bits per heavy atom. The molecule has 72 valence electrons. The molecule has 0 saturated heterocycles. The summed E-state index contributed by atoms with van der Waals surface area (Å²) < 4.78 is 13.4. The van der Waals surface area contributed by atoms with E-state index >= 15 is 0 Å². The summed E-state index contributed by atoms with van der Waals surface area (Å²) in [6.45, 7) is 0. The van der Waals surface area contributed by atoms with Crippen LogP contribution in [0, 0.1) is 15.9 Å². The van der Waals surface area contributed by atoms with Gasteiger partial charge in [-0.1, -0.05) is 11.3 Å². The number of nitro groups is 1. The van der Waals surface area contributed by atoms with Crippen molar-refractivity contribution in [2.45, 2.75) is 0 Å². The summed E-state index contributed by atoms with van der Waals surface area (Å²) >= 11 is 0.950. The molecule has 0 spiro atoms. The second-order valence-electron chi connectivity index (χ2n) is 2.72. The monoisotopic (exact) mass is 212 g/mol. The molecule has 0 saturated carbocycles. The van der Waals surface area contributed by atoms with Crippen LogP contribution in [0.3, 0.4) is 0 Å². The van der Waals surface area contributed by atoms with Crippen molar-refractivity contribution < 1.29 is 9.31 Å². The Labute approximate surface area is 81.9 Å². The van der Waals surface area contributed by atoms with E-state index in [9.17, 15) is 14.5 Å². The third kappa shape index (κ3) is 1.20. The highest BCUT2D eigenvalue weighted by atomic mass is 32.1. The highest BCUT2D eigenvalue weighted by Crippen LogP contribution is 2.39. The van der Waals surface area contributed by atoms with E-state index in [1.807, 2.05) is 0 Å². The Morgan fingerprint density at radius 2 is 2.21 bits per heavy atom. The molecular weight excluding hydrogens is 207 g/mol. The van der Waals surface area contributed by atoms with Crippen molar-refractivity contribution >= 4 is 32.1 Å². The first-order chi connectivity index (χ1) is 6.59. The third-order valence-electron chi connectivity index (χ3n) is 1.83. The first-order valence-electron chi connectivity index (χ1n) is 3.71. The molecule has 0 aliphatic heterocycles. The van der Waals surface area contributed by atoms with E-state index in [4.69, 9.17) is 5.73 Å². The normalized spacial score (nSPS) is 10.6. The lowest BCUT2D eigenvalue weighted by Crippen LogP contribution is -1.90. The molecule has 6 heteroatoms. The summed E-state index contributed by atoms with van der Waals surface area (Å²) in [5, 5.41) is 10.8. The minimum absolute atomic E-state index is 0.0366. The first kappa shape index (κ1) is 8.89. The van der Waals surface area contributed by atoms with Gasteiger partial charge in [0.2, 0.25) is 0 Å². The highest BCUT2D eigenvalue weighted by Gasteiger charge is 2.18. The second kappa shape index (κ2) is 2.91. The Balaban J connectivity index is 2.80. The molecule has 0 amide bonds. The summed E-state index contributed by atoms with van der Waals surface area (Å²) in [7, 11) is 0. The zero-order valence-corrected chi connectivity index (χ0v) is 7.68. The predicted molar refractivity (Wildman–Crippen MR) is 52.8 cm³/mol. The van der Waals surface area contributed by atoms with Gasteiger partial charge < -0.3 is 5.73 Å². The van der Waals surface area contributed by atoms with Crippen LogP contribution in [-0.2, 0) is 0 Å². The van der Waals surface area contributed by atoms with E-state index < -0.39 is 10.7 Å². The molecule has 14 heavy (non-hydrogen) atoms. The van der Waals surface area contributed by atoms with Crippen molar-refractivity contribution in [2.24, 2.45) is 0 Å². The van der Waals surface area contributed by atoms with Crippen LogP contribution in [0.4, 0.5) is 15.1 Å². The van der Waals surface area contributed by atoms with Gasteiger partial charge in [0.05, 0.1) is 4.92 Å². The van der Waals surface area contributed by atoms with Crippen LogP contribution < -0.4 is 5.73 Å². The fourth-order valence-electron chi connectivity index (χ4n) is 1.21. The lowest BCUT2D eigenvalue weighted by atomic mass is 10.2. The van der Waals surface area contributed by atoms with Gasteiger partial charge in [0, 0.05) is 10.1 Å². The maximum atomic E-state index is 12.8. The van der Waals surface area contributed by atoms with Crippen LogP contribution >= 0.6 is 11.3 Å². The molecule has 1 aromatic carbocycles. The molecule has 0 radical (unpaired) electrons. The van der Waals surface area contributed by atoms with Gasteiger partial charge in [-0.3, -0.25) is 10.1 Å². The van der Waals surface area contributed by atoms with Crippen molar-refractivity contribution in [3.63, 3.8) is 0 Å². The number of fused-ring (bicyclic) bond motifs is 1. The number of hydrogen-bond acceptors (Lipinski definition) is 4. The summed E-state index contributed by atoms with van der Waals surface area (Å²) in [5.41, 5.74) is 5.55. The molecule has 2 rings (SSSR count). The number of rotatable bonds is 1. The Hall–Kier alpha value is -1.69. The van der Waals surface area contributed by atoms with Gasteiger partial charge in [0.25, 0.3) is 0 Å². The highest BCUT2D eigenvalue weighted by molar-refractivity contribution is 7.22. The summed E-state index contributed by atoms with van der Waals surface area (Å²) in [6, 6.07) is 3.94. The van der Waals surface area contributed by atoms with Gasteiger partial charge in [-0.25, -0.2) is 4.39 Å². The van der Waals surface area contributed by atoms with E-state index in [1.54, 1.807) is 0 Å². The third-order valence-corrected chi connectivity index (χ3v) is 2.97. The van der Waals surface area contributed by atoms with Gasteiger partial charge in [-0.2, -0.15) is 0 Å². The fraction of sp³-hybridized carbons (Fsp3) is 0. The summed E-state index contributed by atoms with van der Waals surface area (Å²) in [6.07, 6.45) is 0. The van der Waals surface area contributed by atoms with Gasteiger partial charge in [0.1, 0.15) is 11.5 Å². The van der Waals surface area contributed by atoms with E-state index in [1.165, 1.54) is 18.2 Å². The van der Waals surface area contributed by atoms with Crippen molar-refractivity contribution in [2.75, 3.05) is 5.73 Å². The molecule has 1 heterocycles. The number of halogens is 1. The van der Waals surface area contributed by atoms with Crippen molar-refractivity contribution in [1.82, 2.24) is 0 Å². The van der Waals surface area contributed by atoms with Gasteiger partial charge in [-0.05, 0) is 18.2 Å². The Morgan fingerprint density at radius 1 is 1.50 bits per heavy atom. The molecule has 2 aromatic rings. The standard InChI is InChI=1S/C8H5FN2O2S/c9-4-1-2-6-5(3-4)7(10)8(14-6)11(12)13/h1-3H,10H2. The van der Waals surface area contributed by atoms with Crippen molar-refractivity contribution in [3.8, 4) is 0 Å². The zero-order valence-electron chi connectivity index (χ0n) is 6.86. The number of benzene rings is 1. The van der Waals surface area contributed by atoms with Gasteiger partial charge in [0.15, 0.2) is 0 Å². The van der Waals surface area contributed by atoms with Crippen LogP contribution in [0.15, 0.2) is 18.2 Å². The summed E-state index contributed by atoms with van der Waals surface area (Å²) in [4.78, 5) is 9.96. The Bertz CT molecular complexity index is 523. The molecule has 0 aliphatic carbocycles. The number of thiophene rings is 1. The van der Waals surface area contributed by atoms with Crippen molar-refractivity contribution in [3.05, 3.63) is 34.1 Å². The molecule has 1 aromatic heterocycles. The molecular formula is C8H5FN2O2S. The van der Waals surface area contributed by atoms with Crippen LogP contribution in [0.2, 0.25) is 0 Å². The zero-order chi connectivity index (χ0) is 10.3. The van der Waals surface area contributed by atoms with E-state index in [2.05, 4.69) is 0 Å². The minimum Gasteiger partial charge on any atom is -0.392 e. The first-order valence-corrected chi connectivity index (χ1v) is 4.53. The van der Waals surface area contributed by atoms with Crippen LogP contribution in [-0.4, -0.2) is 4.92 Å². The largest absolute Gasteiger partial charge is 0.392 e. The molecule has 0 aliphatic rings. The average Bonchev–Trinajstić information content (AvgIpc) is 2.44. The predicted octanol–water partition coefficient (Wildman–Crippen LogP) is 2.53. The average molecular weight is 212 g/mol. The number of nitrogens with zero attached hydrogens (tertiary/aromatic N) is 1. The quantitative estimate of drug-likeness (QED) is 0.583. The van der Waals surface area contributed by atoms with E-state index in [0.717, 1.165) is 11.3 Å². The van der Waals surface area contributed by atoms with E-state index in [0.29, 0.717) is 10.1 Å². The maximum Gasteiger partial charge on any atom is 0.348 e. The SMILES string of the molecule is Nc1c([N+](=O)[O-])sc2ccc(F)cc12. The maximum absolute atomic E-state index is 12.8. The topological polar surface area (TPSA) is 69.2 Å². The number of anilines is 1. The molecule has 0 fully saturated rings. The van der Waals surface area contributed by atoms with Crippen molar-refractivity contribution in [1.29, 1.82) is 0 Å². The molecule has 0 bridgehead atoms. The fourth-order valence-corrected chi connectivity index (χ4v) is 2.13. The number of hydrogen-bond donors (Lipinski definition) is 1. The minimum atomic E-state index is -0.558. The molecule has 4 nitrogen and oxygen atoms in total. The van der Waals surface area contributed by atoms with Gasteiger partial charge >= 0.3 is 5.00 Å². The molecule has 2 N–H and O–H groups in total. The number of nitrogens with two attached hydrogens (primary N) is 1.